The van der Waals surface area contributed by atoms with Crippen molar-refractivity contribution in [2.24, 2.45) is 0 Å². The molecule has 0 atom stereocenters. The van der Waals surface area contributed by atoms with Crippen LogP contribution in [-0.2, 0) is 13.7 Å². The Labute approximate surface area is 637 Å². The lowest BCUT2D eigenvalue weighted by atomic mass is 9.97. The number of benzene rings is 16. The van der Waals surface area contributed by atoms with E-state index < -0.39 is 21.4 Å². The van der Waals surface area contributed by atoms with Crippen molar-refractivity contribution in [3.63, 3.8) is 0 Å². The first-order chi connectivity index (χ1) is 54.2. The summed E-state index contributed by atoms with van der Waals surface area (Å²) >= 11 is 0. The maximum Gasteiger partial charge on any atom is 0.171 e. The van der Waals surface area contributed by atoms with E-state index in [4.69, 9.17) is 15.0 Å². The molecule has 0 saturated carbocycles. The fraction of sp³-hybridized carbons (Fsp3) is 0. The van der Waals surface area contributed by atoms with Gasteiger partial charge in [-0.3, -0.25) is 4.98 Å². The monoisotopic (exact) mass is 1470 g/mol. The molecule has 0 aliphatic carbocycles. The average molecular weight is 1470 g/mol. The van der Waals surface area contributed by atoms with Crippen molar-refractivity contribution in [3.8, 4) is 33.8 Å². The molecule has 0 fully saturated rings. The van der Waals surface area contributed by atoms with Crippen molar-refractivity contribution >= 4 is 156 Å². The summed E-state index contributed by atoms with van der Waals surface area (Å²) in [7, 11) is -9.04. The number of hydrogen-bond acceptors (Lipinski definition) is 7. The Morgan fingerprint density at radius 1 is 0.191 bits per heavy atom. The largest absolute Gasteiger partial charge is 0.309 e. The van der Waals surface area contributed by atoms with Crippen LogP contribution in [0.25, 0.3) is 120 Å². The van der Waals surface area contributed by atoms with Crippen LogP contribution in [-0.4, -0.2) is 19.9 Å². The van der Waals surface area contributed by atoms with E-state index in [9.17, 15) is 13.7 Å². The van der Waals surface area contributed by atoms with Gasteiger partial charge < -0.3 is 13.7 Å². The number of aromatic nitrogens is 4. The van der Waals surface area contributed by atoms with Gasteiger partial charge in [0.25, 0.3) is 0 Å². The lowest BCUT2D eigenvalue weighted by Gasteiger charge is -2.20. The number of pyridine rings is 4. The van der Waals surface area contributed by atoms with Crippen LogP contribution in [0.4, 0.5) is 0 Å². The van der Waals surface area contributed by atoms with Crippen LogP contribution in [0.1, 0.15) is 0 Å². The van der Waals surface area contributed by atoms with Crippen molar-refractivity contribution in [1.29, 1.82) is 0 Å². The minimum absolute atomic E-state index is 0.807. The van der Waals surface area contributed by atoms with Crippen LogP contribution in [0, 0.1) is 0 Å². The molecule has 0 saturated heterocycles. The highest BCUT2D eigenvalue weighted by Crippen LogP contribution is 2.47. The van der Waals surface area contributed by atoms with Gasteiger partial charge in [0.2, 0.25) is 0 Å². The van der Waals surface area contributed by atoms with E-state index in [0.29, 0.717) is 0 Å². The highest BCUT2D eigenvalue weighted by Gasteiger charge is 2.33. The molecule has 110 heavy (non-hydrogen) atoms. The summed E-state index contributed by atoms with van der Waals surface area (Å²) in [4.78, 5) is 19.9. The van der Waals surface area contributed by atoms with Gasteiger partial charge in [-0.05, 0) is 51.2 Å². The number of hydrogen-bond donors (Lipinski definition) is 0. The normalized spacial score (nSPS) is 11.7. The van der Waals surface area contributed by atoms with Crippen molar-refractivity contribution in [1.82, 2.24) is 19.9 Å². The summed E-state index contributed by atoms with van der Waals surface area (Å²) in [6.45, 7) is 0. The van der Waals surface area contributed by atoms with Crippen molar-refractivity contribution in [3.05, 3.63) is 419 Å². The van der Waals surface area contributed by atoms with E-state index in [0.717, 1.165) is 141 Å². The zero-order valence-electron chi connectivity index (χ0n) is 59.7. The van der Waals surface area contributed by atoms with Gasteiger partial charge >= 0.3 is 0 Å². The van der Waals surface area contributed by atoms with Crippen molar-refractivity contribution < 1.29 is 13.7 Å². The van der Waals surface area contributed by atoms with E-state index in [-0.39, 0.29) is 0 Å². The van der Waals surface area contributed by atoms with Crippen LogP contribution >= 0.6 is 21.4 Å². The Bertz CT molecular complexity index is 6790. The van der Waals surface area contributed by atoms with E-state index in [1.807, 2.05) is 243 Å². The fourth-order valence-electron chi connectivity index (χ4n) is 15.3. The average Bonchev–Trinajstić information content (AvgIpc) is 0.748. The molecule has 16 aromatic carbocycles. The maximum atomic E-state index is 14.8. The second-order valence-corrected chi connectivity index (χ2v) is 35.6. The molecule has 0 radical (unpaired) electrons. The summed E-state index contributed by atoms with van der Waals surface area (Å²) in [6, 6.07) is 138. The molecule has 0 amide bonds. The smallest absolute Gasteiger partial charge is 0.171 e. The van der Waals surface area contributed by atoms with Gasteiger partial charge in [0.05, 0.1) is 39.1 Å². The first-order valence-electron chi connectivity index (χ1n) is 36.7. The Morgan fingerprint density at radius 2 is 0.518 bits per heavy atom. The molecule has 522 valence electrons. The van der Waals surface area contributed by atoms with Crippen LogP contribution in [0.3, 0.4) is 0 Å². The summed E-state index contributed by atoms with van der Waals surface area (Å²) in [5, 5.41) is 21.1. The predicted octanol–water partition coefficient (Wildman–Crippen LogP) is 21.8. The van der Waals surface area contributed by atoms with Crippen LogP contribution < -0.4 is 47.7 Å². The highest BCUT2D eigenvalue weighted by atomic mass is 31.2. The zero-order valence-corrected chi connectivity index (χ0v) is 62.4. The maximum absolute atomic E-state index is 14.8. The van der Waals surface area contributed by atoms with Crippen LogP contribution in [0.5, 0.6) is 0 Å². The highest BCUT2D eigenvalue weighted by molar-refractivity contribution is 7.86. The molecule has 7 nitrogen and oxygen atoms in total. The van der Waals surface area contributed by atoms with E-state index >= 15 is 0 Å². The Balaban J connectivity index is 0.000000116. The third kappa shape index (κ3) is 12.7. The van der Waals surface area contributed by atoms with E-state index in [1.165, 1.54) is 26.9 Å². The third-order valence-corrected chi connectivity index (χ3v) is 30.1. The van der Waals surface area contributed by atoms with Crippen molar-refractivity contribution in [2.45, 2.75) is 0 Å². The molecule has 4 aromatic heterocycles. The first-order valence-corrected chi connectivity index (χ1v) is 41.8. The summed E-state index contributed by atoms with van der Waals surface area (Å²) in [5.41, 5.74) is 9.49. The molecule has 0 spiro atoms. The van der Waals surface area contributed by atoms with Gasteiger partial charge in [-0.15, -0.1) is 0 Å². The Hall–Kier alpha value is -13.1. The molecular weight excluding hydrogens is 1400 g/mol. The lowest BCUT2D eigenvalue weighted by Crippen LogP contribution is -2.24. The molecular formula is C100H69N4O3P3. The molecule has 0 aliphatic rings. The van der Waals surface area contributed by atoms with Crippen molar-refractivity contribution in [2.75, 3.05) is 0 Å². The lowest BCUT2D eigenvalue weighted by molar-refractivity contribution is 0.591. The molecule has 0 N–H and O–H groups in total. The van der Waals surface area contributed by atoms with Gasteiger partial charge in [-0.1, -0.05) is 388 Å². The number of nitrogens with zero attached hydrogens (tertiary/aromatic N) is 4. The Morgan fingerprint density at radius 3 is 0.973 bits per heavy atom. The predicted molar refractivity (Wildman–Crippen MR) is 465 cm³/mol. The first kappa shape index (κ1) is 68.7. The van der Waals surface area contributed by atoms with Gasteiger partial charge in [-0.25, -0.2) is 15.0 Å². The standard InChI is InChI=1S/2C35H24NOP.C30H21N2OP/c37-38(28-13-3-1-4-14-28,29-15-5-2-6-16-29)30-21-19-25(20-22-30)35-32-18-10-9-17-31(32)33-23-26-11-7-8-12-27(26)24-34(33)36-35;37-38(27-12-3-1-4-13-27,28-14-5-2-6-15-28)29-22-19-26(20-23-29)34-32-18-10-9-17-31(32)33-24-21-25-11-7-8-16-30(25)35(33)36-34;33-34(25-9-3-1-4-10-25,26-11-5-2-6-12-26)27-18-15-22(16-19-27)28-20-17-24-14-13-23-8-7-21-31-29(23)30(24)32-28/h2*1-24H;1-21H. The second kappa shape index (κ2) is 29.6. The SMILES string of the molecule is O=P(c1ccccc1)(c1ccccc1)c1ccc(-c2ccc3ccc4cccnc4c3n2)cc1.O=P(c1ccccc1)(c1ccccc1)c1ccc(-c2nc3c4ccccc4ccc3c3ccccc23)cc1.O=P(c1ccccc1)(c1ccccc1)c1ccc(-c2nc3cc4ccccc4cc3c3ccccc23)cc1. The van der Waals surface area contributed by atoms with E-state index in [1.54, 1.807) is 6.20 Å². The molecule has 10 heteroatoms. The molecule has 20 rings (SSSR count). The topological polar surface area (TPSA) is 103 Å². The van der Waals surface area contributed by atoms with Gasteiger partial charge in [-0.2, -0.15) is 0 Å². The quantitative estimate of drug-likeness (QED) is 0.0682. The fourth-order valence-corrected chi connectivity index (χ4v) is 23.3. The van der Waals surface area contributed by atoms with Gasteiger partial charge in [0.1, 0.15) is 0 Å². The summed E-state index contributed by atoms with van der Waals surface area (Å²) in [6.07, 6.45) is 1.80. The van der Waals surface area contributed by atoms with E-state index in [2.05, 4.69) is 175 Å². The Kier molecular flexibility index (Phi) is 18.5. The second-order valence-electron chi connectivity index (χ2n) is 27.3. The molecule has 0 unspecified atom stereocenters. The molecule has 0 bridgehead atoms. The number of rotatable bonds is 12. The van der Waals surface area contributed by atoms with Crippen LogP contribution in [0.15, 0.2) is 419 Å². The molecule has 4 heterocycles. The van der Waals surface area contributed by atoms with Gasteiger partial charge in [0.15, 0.2) is 21.4 Å². The molecule has 0 aliphatic heterocycles. The minimum Gasteiger partial charge on any atom is -0.309 e. The molecule has 20 aromatic rings. The number of fused-ring (bicyclic) bond motifs is 12. The zero-order chi connectivity index (χ0) is 74.0. The van der Waals surface area contributed by atoms with Gasteiger partial charge in [0, 0.05) is 108 Å². The third-order valence-electron chi connectivity index (χ3n) is 20.9. The summed E-state index contributed by atoms with van der Waals surface area (Å²) in [5.74, 6) is 0. The minimum atomic E-state index is -3.03. The van der Waals surface area contributed by atoms with Crippen LogP contribution in [0.2, 0.25) is 0 Å². The summed E-state index contributed by atoms with van der Waals surface area (Å²) < 4.78 is 44.1.